The number of nitro groups is 1. The number of esters is 1. The number of carbonyl (C=O) groups is 1. The Morgan fingerprint density at radius 2 is 2.04 bits per heavy atom. The molecule has 0 saturated heterocycles. The molecule has 27 heavy (non-hydrogen) atoms. The quantitative estimate of drug-likeness (QED) is 0.261. The van der Waals surface area contributed by atoms with Crippen LogP contribution in [0.15, 0.2) is 45.6 Å². The van der Waals surface area contributed by atoms with Gasteiger partial charge in [0.2, 0.25) is 0 Å². The van der Waals surface area contributed by atoms with Crippen LogP contribution in [0.5, 0.6) is 5.75 Å². The third-order valence-corrected chi connectivity index (χ3v) is 4.57. The maximum atomic E-state index is 12.0. The van der Waals surface area contributed by atoms with Crippen molar-refractivity contribution >= 4 is 46.0 Å². The summed E-state index contributed by atoms with van der Waals surface area (Å²) in [7, 11) is 0. The minimum Gasteiger partial charge on any atom is -0.425 e. The summed E-state index contributed by atoms with van der Waals surface area (Å²) in [6.07, 6.45) is 0.317. The molecule has 0 atom stereocenters. The molecule has 3 aromatic rings. The lowest BCUT2D eigenvalue weighted by Crippen LogP contribution is -2.16. The molecule has 0 saturated carbocycles. The number of oxazole rings is 1. The van der Waals surface area contributed by atoms with Crippen molar-refractivity contribution in [3.8, 4) is 5.75 Å². The van der Waals surface area contributed by atoms with Crippen molar-refractivity contribution in [3.63, 3.8) is 0 Å². The molecule has 2 aromatic carbocycles. The highest BCUT2D eigenvalue weighted by Gasteiger charge is 2.15. The number of fused-ring (bicyclic) bond motifs is 1. The molecule has 1 heterocycles. The SMILES string of the molecule is O=C(CCCn1c(=O)oc2cc([N+](=O)[O-])ccc21)Oc1cccc(Cl)c1Cl. The molecule has 8 nitrogen and oxygen atoms in total. The van der Waals surface area contributed by atoms with Crippen LogP contribution in [0.2, 0.25) is 10.0 Å². The van der Waals surface area contributed by atoms with E-state index >= 15 is 0 Å². The van der Waals surface area contributed by atoms with Crippen LogP contribution in [-0.4, -0.2) is 15.5 Å². The van der Waals surface area contributed by atoms with Gasteiger partial charge in [-0.15, -0.1) is 0 Å². The van der Waals surface area contributed by atoms with Gasteiger partial charge in [0.05, 0.1) is 21.5 Å². The number of nitrogens with zero attached hydrogens (tertiary/aromatic N) is 2. The fourth-order valence-corrected chi connectivity index (χ4v) is 2.83. The molecule has 1 aromatic heterocycles. The normalized spacial score (nSPS) is 10.9. The first-order valence-electron chi connectivity index (χ1n) is 7.79. The third-order valence-electron chi connectivity index (χ3n) is 3.77. The van der Waals surface area contributed by atoms with E-state index in [1.54, 1.807) is 12.1 Å². The van der Waals surface area contributed by atoms with Crippen molar-refractivity contribution in [2.75, 3.05) is 0 Å². The second-order valence-electron chi connectivity index (χ2n) is 5.56. The van der Waals surface area contributed by atoms with Gasteiger partial charge in [-0.1, -0.05) is 29.3 Å². The van der Waals surface area contributed by atoms with Gasteiger partial charge in [-0.3, -0.25) is 19.5 Å². The Balaban J connectivity index is 1.66. The number of ether oxygens (including phenoxy) is 1. The first-order chi connectivity index (χ1) is 12.9. The van der Waals surface area contributed by atoms with Crippen molar-refractivity contribution in [1.82, 2.24) is 4.57 Å². The van der Waals surface area contributed by atoms with Crippen molar-refractivity contribution in [2.24, 2.45) is 0 Å². The van der Waals surface area contributed by atoms with Gasteiger partial charge in [-0.05, 0) is 24.6 Å². The van der Waals surface area contributed by atoms with E-state index in [-0.39, 0.29) is 40.0 Å². The van der Waals surface area contributed by atoms with E-state index in [0.717, 1.165) is 0 Å². The average molecular weight is 411 g/mol. The maximum absolute atomic E-state index is 12.0. The Morgan fingerprint density at radius 3 is 2.78 bits per heavy atom. The lowest BCUT2D eigenvalue weighted by Gasteiger charge is -2.07. The van der Waals surface area contributed by atoms with Gasteiger partial charge in [0, 0.05) is 19.0 Å². The lowest BCUT2D eigenvalue weighted by molar-refractivity contribution is -0.384. The van der Waals surface area contributed by atoms with Crippen molar-refractivity contribution in [2.45, 2.75) is 19.4 Å². The third kappa shape index (κ3) is 4.12. The number of rotatable bonds is 6. The molecule has 0 aliphatic heterocycles. The van der Waals surface area contributed by atoms with Crippen LogP contribution in [0.3, 0.4) is 0 Å². The Kier molecular flexibility index (Phi) is 5.48. The Labute approximate surface area is 162 Å². The molecule has 10 heteroatoms. The molecule has 0 unspecified atom stereocenters. The van der Waals surface area contributed by atoms with Gasteiger partial charge >= 0.3 is 11.7 Å². The number of nitro benzene ring substituents is 1. The summed E-state index contributed by atoms with van der Waals surface area (Å²) >= 11 is 11.8. The van der Waals surface area contributed by atoms with Gasteiger partial charge < -0.3 is 9.15 Å². The zero-order valence-electron chi connectivity index (χ0n) is 13.7. The highest BCUT2D eigenvalue weighted by atomic mass is 35.5. The summed E-state index contributed by atoms with van der Waals surface area (Å²) in [6, 6.07) is 8.59. The summed E-state index contributed by atoms with van der Waals surface area (Å²) < 4.78 is 11.5. The molecular formula is C17H12Cl2N2O6. The largest absolute Gasteiger partial charge is 0.425 e. The second kappa shape index (κ2) is 7.81. The lowest BCUT2D eigenvalue weighted by atomic mass is 10.2. The summed E-state index contributed by atoms with van der Waals surface area (Å²) in [5.74, 6) is -1.03. The molecule has 0 spiro atoms. The number of hydrogen-bond acceptors (Lipinski definition) is 6. The number of carbonyl (C=O) groups excluding carboxylic acids is 1. The zero-order valence-corrected chi connectivity index (χ0v) is 15.2. The van der Waals surface area contributed by atoms with Crippen LogP contribution in [-0.2, 0) is 11.3 Å². The number of aryl methyl sites for hydroxylation is 1. The molecule has 0 N–H and O–H groups in total. The summed E-state index contributed by atoms with van der Waals surface area (Å²) in [4.78, 5) is 34.1. The predicted molar refractivity (Wildman–Crippen MR) is 98.5 cm³/mol. The Morgan fingerprint density at radius 1 is 1.26 bits per heavy atom. The number of halogens is 2. The van der Waals surface area contributed by atoms with E-state index in [1.807, 2.05) is 0 Å². The Hall–Kier alpha value is -2.84. The summed E-state index contributed by atoms with van der Waals surface area (Å²) in [5.41, 5.74) is 0.352. The predicted octanol–water partition coefficient (Wildman–Crippen LogP) is 4.20. The van der Waals surface area contributed by atoms with E-state index in [4.69, 9.17) is 32.4 Å². The molecule has 0 aliphatic rings. The van der Waals surface area contributed by atoms with Crippen LogP contribution in [0.1, 0.15) is 12.8 Å². The van der Waals surface area contributed by atoms with E-state index in [1.165, 1.54) is 28.8 Å². The highest BCUT2D eigenvalue weighted by molar-refractivity contribution is 6.43. The van der Waals surface area contributed by atoms with E-state index in [9.17, 15) is 19.7 Å². The number of benzene rings is 2. The van der Waals surface area contributed by atoms with Gasteiger partial charge in [-0.2, -0.15) is 0 Å². The molecule has 140 valence electrons. The monoisotopic (exact) mass is 410 g/mol. The molecule has 3 rings (SSSR count). The molecular weight excluding hydrogens is 399 g/mol. The van der Waals surface area contributed by atoms with Crippen LogP contribution in [0.25, 0.3) is 11.1 Å². The van der Waals surface area contributed by atoms with E-state index in [2.05, 4.69) is 0 Å². The van der Waals surface area contributed by atoms with Crippen molar-refractivity contribution < 1.29 is 18.9 Å². The van der Waals surface area contributed by atoms with Crippen LogP contribution < -0.4 is 10.5 Å². The molecule has 0 aliphatic carbocycles. The molecule has 0 fully saturated rings. The molecule has 0 bridgehead atoms. The molecule has 0 radical (unpaired) electrons. The van der Waals surface area contributed by atoms with Crippen molar-refractivity contribution in [1.29, 1.82) is 0 Å². The first kappa shape index (κ1) is 18.9. The number of aromatic nitrogens is 1. The van der Waals surface area contributed by atoms with Gasteiger partial charge in [0.15, 0.2) is 11.3 Å². The summed E-state index contributed by atoms with van der Waals surface area (Å²) in [5, 5.41) is 11.2. The van der Waals surface area contributed by atoms with Crippen molar-refractivity contribution in [3.05, 3.63) is 67.1 Å². The van der Waals surface area contributed by atoms with Gasteiger partial charge in [-0.25, -0.2) is 4.79 Å². The average Bonchev–Trinajstić information content (AvgIpc) is 2.93. The maximum Gasteiger partial charge on any atom is 0.419 e. The van der Waals surface area contributed by atoms with Gasteiger partial charge in [0.25, 0.3) is 5.69 Å². The van der Waals surface area contributed by atoms with E-state index in [0.29, 0.717) is 11.9 Å². The van der Waals surface area contributed by atoms with E-state index < -0.39 is 16.6 Å². The minimum atomic E-state index is -0.656. The van der Waals surface area contributed by atoms with Crippen LogP contribution >= 0.6 is 23.2 Å². The number of non-ortho nitro benzene ring substituents is 1. The minimum absolute atomic E-state index is 0.0228. The van der Waals surface area contributed by atoms with Crippen LogP contribution in [0, 0.1) is 10.1 Å². The Bertz CT molecular complexity index is 1090. The first-order valence-corrected chi connectivity index (χ1v) is 8.55. The summed E-state index contributed by atoms with van der Waals surface area (Å²) in [6.45, 7) is 0.183. The highest BCUT2D eigenvalue weighted by Crippen LogP contribution is 2.31. The number of hydrogen-bond donors (Lipinski definition) is 0. The van der Waals surface area contributed by atoms with Crippen LogP contribution in [0.4, 0.5) is 5.69 Å². The van der Waals surface area contributed by atoms with Gasteiger partial charge in [0.1, 0.15) is 5.02 Å². The fraction of sp³-hybridized carbons (Fsp3) is 0.176. The molecule has 0 amide bonds. The standard InChI is InChI=1S/C17H12Cl2N2O6/c18-11-3-1-4-13(16(11)19)26-15(22)5-2-8-20-12-7-6-10(21(24)25)9-14(12)27-17(20)23/h1,3-4,6-7,9H,2,5,8H2. The fourth-order valence-electron chi connectivity index (χ4n) is 2.50. The smallest absolute Gasteiger partial charge is 0.419 e. The zero-order chi connectivity index (χ0) is 19.6. The topological polar surface area (TPSA) is 105 Å². The second-order valence-corrected chi connectivity index (χ2v) is 6.34.